The van der Waals surface area contributed by atoms with Crippen molar-refractivity contribution in [2.75, 3.05) is 14.2 Å². The predicted molar refractivity (Wildman–Crippen MR) is 125 cm³/mol. The molecule has 0 amide bonds. The second-order valence-electron chi connectivity index (χ2n) is 8.10. The van der Waals surface area contributed by atoms with Gasteiger partial charge in [0.05, 0.1) is 14.2 Å². The molecule has 2 nitrogen and oxygen atoms in total. The van der Waals surface area contributed by atoms with Crippen LogP contribution in [0.15, 0.2) is 109 Å². The van der Waals surface area contributed by atoms with Crippen molar-refractivity contribution in [3.63, 3.8) is 0 Å². The first-order valence-corrected chi connectivity index (χ1v) is 10.7. The maximum absolute atomic E-state index is 5.44. The smallest absolute Gasteiger partial charge is 0.118 e. The zero-order valence-electron chi connectivity index (χ0n) is 17.9. The molecule has 31 heavy (non-hydrogen) atoms. The van der Waals surface area contributed by atoms with Crippen LogP contribution in [0.1, 0.15) is 34.1 Å². The van der Waals surface area contributed by atoms with E-state index in [0.29, 0.717) is 11.8 Å². The van der Waals surface area contributed by atoms with E-state index in [1.165, 1.54) is 22.3 Å². The summed E-state index contributed by atoms with van der Waals surface area (Å²) in [6.07, 6.45) is 0. The van der Waals surface area contributed by atoms with Crippen LogP contribution in [0.2, 0.25) is 0 Å². The van der Waals surface area contributed by atoms with Crippen molar-refractivity contribution in [3.8, 4) is 11.5 Å². The van der Waals surface area contributed by atoms with Crippen molar-refractivity contribution in [2.24, 2.45) is 0 Å². The van der Waals surface area contributed by atoms with Crippen LogP contribution < -0.4 is 9.47 Å². The molecular weight excluding hydrogens is 380 g/mol. The van der Waals surface area contributed by atoms with Gasteiger partial charge in [0.15, 0.2) is 0 Å². The van der Waals surface area contributed by atoms with E-state index in [-0.39, 0.29) is 5.41 Å². The molecule has 4 aromatic rings. The van der Waals surface area contributed by atoms with E-state index in [1.807, 2.05) is 0 Å². The zero-order chi connectivity index (χ0) is 21.3. The van der Waals surface area contributed by atoms with Gasteiger partial charge in [0.25, 0.3) is 0 Å². The molecule has 4 aromatic carbocycles. The number of rotatable bonds is 6. The van der Waals surface area contributed by atoms with Crippen LogP contribution in [-0.2, 0) is 5.41 Å². The zero-order valence-corrected chi connectivity index (χ0v) is 17.9. The Labute approximate surface area is 184 Å². The predicted octanol–water partition coefficient (Wildman–Crippen LogP) is 6.57. The lowest BCUT2D eigenvalue weighted by Crippen LogP contribution is -2.14. The van der Waals surface area contributed by atoms with Gasteiger partial charge in [-0.1, -0.05) is 84.9 Å². The van der Waals surface area contributed by atoms with E-state index in [0.717, 1.165) is 11.5 Å². The van der Waals surface area contributed by atoms with E-state index in [2.05, 4.69) is 109 Å². The third-order valence-electron chi connectivity index (χ3n) is 6.66. The number of hydrogen-bond donors (Lipinski definition) is 0. The Bertz CT molecular complexity index is 1040. The maximum Gasteiger partial charge on any atom is 0.118 e. The van der Waals surface area contributed by atoms with Gasteiger partial charge in [-0.3, -0.25) is 0 Å². The third-order valence-corrected chi connectivity index (χ3v) is 6.66. The summed E-state index contributed by atoms with van der Waals surface area (Å²) in [4.78, 5) is 0. The molecule has 0 unspecified atom stereocenters. The van der Waals surface area contributed by atoms with Gasteiger partial charge in [-0.2, -0.15) is 0 Å². The molecule has 0 spiro atoms. The first-order valence-electron chi connectivity index (χ1n) is 10.7. The molecule has 0 N–H and O–H groups in total. The van der Waals surface area contributed by atoms with Crippen molar-refractivity contribution >= 4 is 0 Å². The summed E-state index contributed by atoms with van der Waals surface area (Å²) in [5.41, 5.74) is 5.19. The summed E-state index contributed by atoms with van der Waals surface area (Å²) in [7, 11) is 3.43. The second kappa shape index (κ2) is 7.96. The average molecular weight is 407 g/mol. The van der Waals surface area contributed by atoms with E-state index in [4.69, 9.17) is 9.47 Å². The van der Waals surface area contributed by atoms with Crippen LogP contribution in [0.5, 0.6) is 11.5 Å². The average Bonchev–Trinajstić information content (AvgIpc) is 3.56. The lowest BCUT2D eigenvalue weighted by atomic mass is 9.82. The minimum atomic E-state index is -0.152. The molecular formula is C29H26O2. The molecule has 0 aliphatic heterocycles. The molecule has 0 saturated heterocycles. The molecule has 1 aliphatic rings. The van der Waals surface area contributed by atoms with E-state index >= 15 is 0 Å². The lowest BCUT2D eigenvalue weighted by Gasteiger charge is -2.21. The first-order chi connectivity index (χ1) is 15.3. The molecule has 5 rings (SSSR count). The topological polar surface area (TPSA) is 18.5 Å². The molecule has 0 bridgehead atoms. The SMILES string of the molecule is COc1ccc(C2(c3ccc(OC)cc3)[C@H](c3ccccc3)[C@H]2c2ccccc2)cc1. The van der Waals surface area contributed by atoms with Crippen LogP contribution in [-0.4, -0.2) is 14.2 Å². The highest BCUT2D eigenvalue weighted by Gasteiger charge is 2.67. The lowest BCUT2D eigenvalue weighted by molar-refractivity contribution is 0.414. The van der Waals surface area contributed by atoms with Crippen LogP contribution in [0, 0.1) is 0 Å². The second-order valence-corrected chi connectivity index (χ2v) is 8.10. The number of methoxy groups -OCH3 is 2. The highest BCUT2D eigenvalue weighted by molar-refractivity contribution is 5.62. The highest BCUT2D eigenvalue weighted by atomic mass is 16.5. The maximum atomic E-state index is 5.44. The first kappa shape index (κ1) is 19.4. The molecule has 0 radical (unpaired) electrons. The van der Waals surface area contributed by atoms with Gasteiger partial charge in [-0.25, -0.2) is 0 Å². The quantitative estimate of drug-likeness (QED) is 0.360. The van der Waals surface area contributed by atoms with Crippen molar-refractivity contribution < 1.29 is 9.47 Å². The monoisotopic (exact) mass is 406 g/mol. The Balaban J connectivity index is 1.74. The van der Waals surface area contributed by atoms with Crippen molar-refractivity contribution in [1.82, 2.24) is 0 Å². The molecule has 2 heteroatoms. The van der Waals surface area contributed by atoms with Crippen LogP contribution in [0.4, 0.5) is 0 Å². The number of hydrogen-bond acceptors (Lipinski definition) is 2. The Morgan fingerprint density at radius 2 is 0.839 bits per heavy atom. The minimum absolute atomic E-state index is 0.152. The van der Waals surface area contributed by atoms with Crippen molar-refractivity contribution in [1.29, 1.82) is 0 Å². The Hall–Kier alpha value is -3.52. The summed E-state index contributed by atoms with van der Waals surface area (Å²) in [5, 5.41) is 0. The summed E-state index contributed by atoms with van der Waals surface area (Å²) >= 11 is 0. The van der Waals surface area contributed by atoms with Gasteiger partial charge in [-0.15, -0.1) is 0 Å². The molecule has 1 fully saturated rings. The van der Waals surface area contributed by atoms with E-state index in [1.54, 1.807) is 14.2 Å². The molecule has 1 saturated carbocycles. The Morgan fingerprint density at radius 1 is 0.484 bits per heavy atom. The van der Waals surface area contributed by atoms with Gasteiger partial charge in [0.2, 0.25) is 0 Å². The largest absolute Gasteiger partial charge is 0.497 e. The fourth-order valence-corrected chi connectivity index (χ4v) is 5.24. The number of benzene rings is 4. The fourth-order valence-electron chi connectivity index (χ4n) is 5.24. The van der Waals surface area contributed by atoms with Gasteiger partial charge in [-0.05, 0) is 46.5 Å². The molecule has 1 aliphatic carbocycles. The fraction of sp³-hybridized carbons (Fsp3) is 0.172. The molecule has 154 valence electrons. The molecule has 2 atom stereocenters. The minimum Gasteiger partial charge on any atom is -0.497 e. The third kappa shape index (κ3) is 3.19. The summed E-state index contributed by atoms with van der Waals surface area (Å²) in [6, 6.07) is 39.0. The summed E-state index contributed by atoms with van der Waals surface area (Å²) < 4.78 is 10.9. The van der Waals surface area contributed by atoms with E-state index in [9.17, 15) is 0 Å². The van der Waals surface area contributed by atoms with Gasteiger partial charge >= 0.3 is 0 Å². The van der Waals surface area contributed by atoms with Crippen LogP contribution in [0.25, 0.3) is 0 Å². The van der Waals surface area contributed by atoms with E-state index < -0.39 is 0 Å². The molecule has 0 aromatic heterocycles. The Kier molecular flexibility index (Phi) is 4.99. The van der Waals surface area contributed by atoms with Gasteiger partial charge < -0.3 is 9.47 Å². The van der Waals surface area contributed by atoms with Crippen LogP contribution in [0.3, 0.4) is 0 Å². The molecule has 0 heterocycles. The summed E-state index contributed by atoms with van der Waals surface area (Å²) in [6.45, 7) is 0. The van der Waals surface area contributed by atoms with Crippen molar-refractivity contribution in [3.05, 3.63) is 131 Å². The normalized spacial score (nSPS) is 18.9. The van der Waals surface area contributed by atoms with Gasteiger partial charge in [0.1, 0.15) is 11.5 Å². The van der Waals surface area contributed by atoms with Crippen LogP contribution >= 0.6 is 0 Å². The van der Waals surface area contributed by atoms with Crippen molar-refractivity contribution in [2.45, 2.75) is 17.3 Å². The van der Waals surface area contributed by atoms with Gasteiger partial charge in [0, 0.05) is 17.3 Å². The number of ether oxygens (including phenoxy) is 2. The highest BCUT2D eigenvalue weighted by Crippen LogP contribution is 2.73. The standard InChI is InChI=1S/C29H26O2/c1-30-25-17-13-23(14-18-25)29(24-15-19-26(31-2)20-16-24)27(21-9-5-3-6-10-21)28(29)22-11-7-4-8-12-22/h3-20,27-28H,1-2H3/t27-,28-/m1/s1. The summed E-state index contributed by atoms with van der Waals surface area (Å²) in [5.74, 6) is 2.44. The Morgan fingerprint density at radius 3 is 1.16 bits per heavy atom.